The van der Waals surface area contributed by atoms with Gasteiger partial charge in [-0.2, -0.15) is 0 Å². The van der Waals surface area contributed by atoms with Gasteiger partial charge in [0.2, 0.25) is 0 Å². The largest absolute Gasteiger partial charge is 0.496 e. The molecule has 0 unspecified atom stereocenters. The molecule has 0 spiro atoms. The van der Waals surface area contributed by atoms with Crippen molar-refractivity contribution < 1.29 is 22.7 Å². The van der Waals surface area contributed by atoms with E-state index in [9.17, 15) is 18.0 Å². The van der Waals surface area contributed by atoms with Crippen molar-refractivity contribution in [3.05, 3.63) is 89.0 Å². The normalized spacial score (nSPS) is 13.0. The molecule has 0 fully saturated rings. The minimum atomic E-state index is -3.97. The van der Waals surface area contributed by atoms with E-state index in [1.54, 1.807) is 25.3 Å². The Morgan fingerprint density at radius 1 is 0.900 bits per heavy atom. The topological polar surface area (TPSA) is 102 Å². The van der Waals surface area contributed by atoms with E-state index in [2.05, 4.69) is 10.0 Å². The summed E-state index contributed by atoms with van der Waals surface area (Å²) >= 11 is 0. The van der Waals surface area contributed by atoms with Crippen LogP contribution in [0.15, 0.2) is 71.6 Å². The van der Waals surface area contributed by atoms with Crippen LogP contribution < -0.4 is 14.8 Å². The van der Waals surface area contributed by atoms with Crippen LogP contribution >= 0.6 is 0 Å². The van der Waals surface area contributed by atoms with Crippen LogP contribution in [0.2, 0.25) is 0 Å². The number of hydrogen-bond donors (Lipinski definition) is 2. The lowest BCUT2D eigenvalue weighted by Gasteiger charge is -2.13. The van der Waals surface area contributed by atoms with Crippen LogP contribution in [0.25, 0.3) is 0 Å². The minimum Gasteiger partial charge on any atom is -0.496 e. The molecular weight excluding hydrogens is 404 g/mol. The molecule has 1 aliphatic rings. The minimum absolute atomic E-state index is 0.0439. The number of imide groups is 1. The molecule has 0 saturated heterocycles. The zero-order valence-corrected chi connectivity index (χ0v) is 16.8. The third kappa shape index (κ3) is 3.77. The third-order valence-electron chi connectivity index (χ3n) is 4.79. The number of amides is 2. The quantitative estimate of drug-likeness (QED) is 0.595. The number of methoxy groups -OCH3 is 1. The average Bonchev–Trinajstić information content (AvgIpc) is 3.02. The Morgan fingerprint density at radius 3 is 2.37 bits per heavy atom. The third-order valence-corrected chi connectivity index (χ3v) is 6.17. The first-order chi connectivity index (χ1) is 14.4. The number of hydrogen-bond acceptors (Lipinski definition) is 5. The second kappa shape index (κ2) is 7.64. The summed E-state index contributed by atoms with van der Waals surface area (Å²) in [5, 5.41) is 2.15. The van der Waals surface area contributed by atoms with Crippen molar-refractivity contribution in [2.45, 2.75) is 11.3 Å². The van der Waals surface area contributed by atoms with E-state index < -0.39 is 21.8 Å². The highest BCUT2D eigenvalue weighted by Gasteiger charge is 2.28. The second-order valence-electron chi connectivity index (χ2n) is 6.79. The number of anilines is 1. The molecule has 7 nitrogen and oxygen atoms in total. The van der Waals surface area contributed by atoms with Gasteiger partial charge in [-0.25, -0.2) is 8.42 Å². The SMILES string of the molecule is COc1ccc(NS(=O)(=O)c2ccc3c(c2)C(=O)NC3=O)cc1Cc1ccccc1. The summed E-state index contributed by atoms with van der Waals surface area (Å²) in [5.74, 6) is -0.497. The molecule has 30 heavy (non-hydrogen) atoms. The predicted octanol–water partition coefficient (Wildman–Crippen LogP) is 2.97. The van der Waals surface area contributed by atoms with Crippen LogP contribution in [-0.2, 0) is 16.4 Å². The maximum atomic E-state index is 12.9. The molecule has 0 atom stereocenters. The number of rotatable bonds is 6. The van der Waals surface area contributed by atoms with Gasteiger partial charge in [-0.05, 0) is 42.0 Å². The first-order valence-corrected chi connectivity index (χ1v) is 10.6. The lowest BCUT2D eigenvalue weighted by atomic mass is 10.0. The van der Waals surface area contributed by atoms with Crippen molar-refractivity contribution in [1.29, 1.82) is 0 Å². The molecule has 0 radical (unpaired) electrons. The van der Waals surface area contributed by atoms with Crippen molar-refractivity contribution in [3.8, 4) is 5.75 Å². The summed E-state index contributed by atoms with van der Waals surface area (Å²) in [4.78, 5) is 23.4. The fourth-order valence-corrected chi connectivity index (χ4v) is 4.40. The summed E-state index contributed by atoms with van der Waals surface area (Å²) in [5.41, 5.74) is 2.45. The first kappa shape index (κ1) is 19.7. The van der Waals surface area contributed by atoms with E-state index in [0.29, 0.717) is 17.9 Å². The highest BCUT2D eigenvalue weighted by Crippen LogP contribution is 2.27. The van der Waals surface area contributed by atoms with Gasteiger partial charge in [0, 0.05) is 17.7 Å². The van der Waals surface area contributed by atoms with Crippen LogP contribution in [0.1, 0.15) is 31.8 Å². The maximum absolute atomic E-state index is 12.9. The van der Waals surface area contributed by atoms with Gasteiger partial charge in [-0.1, -0.05) is 30.3 Å². The maximum Gasteiger partial charge on any atom is 0.261 e. The molecule has 3 aromatic rings. The standard InChI is InChI=1S/C22H18N2O5S/c1-29-20-10-7-16(12-15(20)11-14-5-3-2-4-6-14)24-30(27,28)17-8-9-18-19(13-17)22(26)23-21(18)25/h2-10,12-13,24H,11H2,1H3,(H,23,25,26). The van der Waals surface area contributed by atoms with Gasteiger partial charge in [0.25, 0.3) is 21.8 Å². The number of fused-ring (bicyclic) bond motifs is 1. The molecule has 8 heteroatoms. The molecule has 3 aromatic carbocycles. The molecule has 152 valence electrons. The molecule has 1 heterocycles. The molecule has 2 N–H and O–H groups in total. The zero-order valence-electron chi connectivity index (χ0n) is 16.0. The Hall–Kier alpha value is -3.65. The van der Waals surface area contributed by atoms with Gasteiger partial charge >= 0.3 is 0 Å². The summed E-state index contributed by atoms with van der Waals surface area (Å²) in [6.07, 6.45) is 0.570. The van der Waals surface area contributed by atoms with Gasteiger partial charge in [0.05, 0.1) is 23.1 Å². The smallest absolute Gasteiger partial charge is 0.261 e. The molecule has 0 aromatic heterocycles. The van der Waals surface area contributed by atoms with E-state index in [4.69, 9.17) is 4.74 Å². The van der Waals surface area contributed by atoms with Gasteiger partial charge in [-0.15, -0.1) is 0 Å². The Bertz CT molecular complexity index is 1250. The summed E-state index contributed by atoms with van der Waals surface area (Å²) in [6, 6.07) is 18.6. The monoisotopic (exact) mass is 422 g/mol. The van der Waals surface area contributed by atoms with E-state index in [-0.39, 0.29) is 16.0 Å². The fraction of sp³-hybridized carbons (Fsp3) is 0.0909. The average molecular weight is 422 g/mol. The van der Waals surface area contributed by atoms with E-state index in [0.717, 1.165) is 11.1 Å². The lowest BCUT2D eigenvalue weighted by Crippen LogP contribution is -2.19. The van der Waals surface area contributed by atoms with Crippen molar-refractivity contribution in [3.63, 3.8) is 0 Å². The van der Waals surface area contributed by atoms with Gasteiger partial charge < -0.3 is 4.74 Å². The van der Waals surface area contributed by atoms with Crippen LogP contribution in [0, 0.1) is 0 Å². The van der Waals surface area contributed by atoms with Crippen LogP contribution in [0.3, 0.4) is 0 Å². The Kier molecular flexibility index (Phi) is 5.01. The van der Waals surface area contributed by atoms with Crippen LogP contribution in [0.5, 0.6) is 5.75 Å². The Balaban J connectivity index is 1.64. The highest BCUT2D eigenvalue weighted by molar-refractivity contribution is 7.92. The molecule has 2 amide bonds. The number of carbonyl (C=O) groups is 2. The number of sulfonamides is 1. The predicted molar refractivity (Wildman–Crippen MR) is 111 cm³/mol. The fourth-order valence-electron chi connectivity index (χ4n) is 3.32. The number of benzene rings is 3. The van der Waals surface area contributed by atoms with Gasteiger partial charge in [0.1, 0.15) is 5.75 Å². The summed E-state index contributed by atoms with van der Waals surface area (Å²) in [7, 11) is -2.41. The van der Waals surface area contributed by atoms with E-state index in [1.165, 1.54) is 18.2 Å². The Morgan fingerprint density at radius 2 is 1.63 bits per heavy atom. The van der Waals surface area contributed by atoms with E-state index >= 15 is 0 Å². The van der Waals surface area contributed by atoms with Crippen LogP contribution in [0.4, 0.5) is 5.69 Å². The van der Waals surface area contributed by atoms with Crippen molar-refractivity contribution in [2.75, 3.05) is 11.8 Å². The summed E-state index contributed by atoms with van der Waals surface area (Å²) < 4.78 is 33.6. The highest BCUT2D eigenvalue weighted by atomic mass is 32.2. The summed E-state index contributed by atoms with van der Waals surface area (Å²) in [6.45, 7) is 0. The lowest BCUT2D eigenvalue weighted by molar-refractivity contribution is 0.0879. The van der Waals surface area contributed by atoms with Crippen molar-refractivity contribution in [1.82, 2.24) is 5.32 Å². The molecule has 1 aliphatic heterocycles. The van der Waals surface area contributed by atoms with Crippen molar-refractivity contribution >= 4 is 27.5 Å². The second-order valence-corrected chi connectivity index (χ2v) is 8.47. The molecule has 0 bridgehead atoms. The number of carbonyl (C=O) groups excluding carboxylic acids is 2. The molecular formula is C22H18N2O5S. The van der Waals surface area contributed by atoms with Crippen molar-refractivity contribution in [2.24, 2.45) is 0 Å². The molecule has 4 rings (SSSR count). The van der Waals surface area contributed by atoms with Gasteiger partial charge in [-0.3, -0.25) is 19.6 Å². The molecule has 0 aliphatic carbocycles. The first-order valence-electron chi connectivity index (χ1n) is 9.11. The van der Waals surface area contributed by atoms with Gasteiger partial charge in [0.15, 0.2) is 0 Å². The number of ether oxygens (including phenoxy) is 1. The van der Waals surface area contributed by atoms with E-state index in [1.807, 2.05) is 30.3 Å². The Labute approximate surface area is 173 Å². The molecule has 0 saturated carbocycles. The zero-order chi connectivity index (χ0) is 21.3. The number of nitrogens with one attached hydrogen (secondary N) is 2. The van der Waals surface area contributed by atoms with Crippen LogP contribution in [-0.4, -0.2) is 27.3 Å².